The lowest BCUT2D eigenvalue weighted by Gasteiger charge is -2.41. The highest BCUT2D eigenvalue weighted by Crippen LogP contribution is 2.26. The van der Waals surface area contributed by atoms with Crippen LogP contribution >= 0.6 is 0 Å². The van der Waals surface area contributed by atoms with Crippen LogP contribution in [-0.4, -0.2) is 64.7 Å². The molecule has 0 saturated carbocycles. The number of nitrogens with zero attached hydrogens (tertiary/aromatic N) is 4. The van der Waals surface area contributed by atoms with Crippen LogP contribution in [0.25, 0.3) is 0 Å². The highest BCUT2D eigenvalue weighted by Gasteiger charge is 2.35. The topological polar surface area (TPSA) is 50.6 Å². The number of imidazole rings is 1. The third-order valence-electron chi connectivity index (χ3n) is 4.64. The molecule has 2 saturated heterocycles. The van der Waals surface area contributed by atoms with Gasteiger partial charge in [0, 0.05) is 45.7 Å². The maximum absolute atomic E-state index is 12.6. The minimum Gasteiger partial charge on any atom is -0.381 e. The van der Waals surface area contributed by atoms with Gasteiger partial charge < -0.3 is 14.2 Å². The van der Waals surface area contributed by atoms with Crippen LogP contribution in [0.3, 0.4) is 0 Å². The summed E-state index contributed by atoms with van der Waals surface area (Å²) in [7, 11) is 2.02. The number of hydrogen-bond donors (Lipinski definition) is 0. The maximum Gasteiger partial charge on any atom is 0.228 e. The Morgan fingerprint density at radius 3 is 2.95 bits per heavy atom. The highest BCUT2D eigenvalue weighted by atomic mass is 16.5. The molecule has 1 aromatic heterocycles. The van der Waals surface area contributed by atoms with Crippen LogP contribution in [0.1, 0.15) is 25.2 Å². The molecular formula is C15H24N4O2. The largest absolute Gasteiger partial charge is 0.381 e. The van der Waals surface area contributed by atoms with Gasteiger partial charge in [-0.05, 0) is 13.0 Å². The Morgan fingerprint density at radius 1 is 1.48 bits per heavy atom. The first-order chi connectivity index (χ1) is 10.2. The summed E-state index contributed by atoms with van der Waals surface area (Å²) in [4.78, 5) is 21.5. The van der Waals surface area contributed by atoms with Gasteiger partial charge in [-0.15, -0.1) is 0 Å². The van der Waals surface area contributed by atoms with Gasteiger partial charge in [0.1, 0.15) is 5.82 Å². The van der Waals surface area contributed by atoms with Gasteiger partial charge in [0.2, 0.25) is 5.91 Å². The molecule has 116 valence electrons. The number of aromatic nitrogens is 2. The molecule has 21 heavy (non-hydrogen) atoms. The van der Waals surface area contributed by atoms with E-state index >= 15 is 0 Å². The molecule has 0 bridgehead atoms. The van der Waals surface area contributed by atoms with Crippen LogP contribution in [0.15, 0.2) is 12.4 Å². The summed E-state index contributed by atoms with van der Waals surface area (Å²) in [5, 5.41) is 0. The number of piperazine rings is 1. The van der Waals surface area contributed by atoms with Gasteiger partial charge in [-0.1, -0.05) is 6.92 Å². The zero-order valence-electron chi connectivity index (χ0n) is 12.9. The van der Waals surface area contributed by atoms with Gasteiger partial charge in [0.15, 0.2) is 0 Å². The third-order valence-corrected chi connectivity index (χ3v) is 4.64. The maximum atomic E-state index is 12.6. The van der Waals surface area contributed by atoms with Crippen LogP contribution in [-0.2, 0) is 16.6 Å². The molecule has 6 heteroatoms. The predicted octanol–water partition coefficient (Wildman–Crippen LogP) is 0.662. The van der Waals surface area contributed by atoms with Crippen molar-refractivity contribution in [3.63, 3.8) is 0 Å². The normalized spacial score (nSPS) is 27.2. The first-order valence-electron chi connectivity index (χ1n) is 7.78. The number of rotatable bonds is 3. The van der Waals surface area contributed by atoms with Gasteiger partial charge >= 0.3 is 0 Å². The van der Waals surface area contributed by atoms with Crippen molar-refractivity contribution in [2.24, 2.45) is 13.0 Å². The smallest absolute Gasteiger partial charge is 0.228 e. The van der Waals surface area contributed by atoms with Crippen molar-refractivity contribution in [1.29, 1.82) is 0 Å². The molecule has 2 aliphatic rings. The van der Waals surface area contributed by atoms with E-state index in [1.165, 1.54) is 0 Å². The van der Waals surface area contributed by atoms with Gasteiger partial charge in [-0.25, -0.2) is 4.98 Å². The second-order valence-electron chi connectivity index (χ2n) is 5.89. The summed E-state index contributed by atoms with van der Waals surface area (Å²) in [6.07, 6.45) is 4.66. The Kier molecular flexibility index (Phi) is 4.26. The minimum atomic E-state index is 0.0557. The van der Waals surface area contributed by atoms with Crippen molar-refractivity contribution in [1.82, 2.24) is 19.4 Å². The standard InChI is InChI=1S/C15H24N4O2/c1-3-18-7-8-19(15(20)12-4-9-21-11-12)10-13(18)14-16-5-6-17(14)2/h5-6,12-13H,3-4,7-11H2,1-2H3/t12-,13+/m1/s1. The first-order valence-corrected chi connectivity index (χ1v) is 7.78. The molecule has 1 amide bonds. The van der Waals surface area contributed by atoms with Gasteiger partial charge in [-0.2, -0.15) is 0 Å². The van der Waals surface area contributed by atoms with Crippen LogP contribution in [0.2, 0.25) is 0 Å². The minimum absolute atomic E-state index is 0.0557. The van der Waals surface area contributed by atoms with Gasteiger partial charge in [-0.3, -0.25) is 9.69 Å². The fourth-order valence-corrected chi connectivity index (χ4v) is 3.33. The molecular weight excluding hydrogens is 268 g/mol. The molecule has 0 spiro atoms. The molecule has 0 aliphatic carbocycles. The van der Waals surface area contributed by atoms with E-state index in [9.17, 15) is 4.79 Å². The number of carbonyl (C=O) groups is 1. The molecule has 2 aliphatic heterocycles. The van der Waals surface area contributed by atoms with E-state index in [1.54, 1.807) is 0 Å². The molecule has 2 atom stereocenters. The fraction of sp³-hybridized carbons (Fsp3) is 0.733. The lowest BCUT2D eigenvalue weighted by Crippen LogP contribution is -2.52. The highest BCUT2D eigenvalue weighted by molar-refractivity contribution is 5.79. The lowest BCUT2D eigenvalue weighted by molar-refractivity contribution is -0.138. The van der Waals surface area contributed by atoms with E-state index in [2.05, 4.69) is 21.4 Å². The van der Waals surface area contributed by atoms with Crippen LogP contribution in [0.5, 0.6) is 0 Å². The van der Waals surface area contributed by atoms with E-state index in [-0.39, 0.29) is 17.9 Å². The van der Waals surface area contributed by atoms with Crippen molar-refractivity contribution in [2.75, 3.05) is 39.4 Å². The van der Waals surface area contributed by atoms with E-state index in [0.717, 1.165) is 38.4 Å². The Hall–Kier alpha value is -1.40. The molecule has 3 heterocycles. The predicted molar refractivity (Wildman–Crippen MR) is 78.7 cm³/mol. The monoisotopic (exact) mass is 292 g/mol. The molecule has 3 rings (SSSR count). The molecule has 0 unspecified atom stereocenters. The molecule has 0 N–H and O–H groups in total. The Morgan fingerprint density at radius 2 is 2.33 bits per heavy atom. The summed E-state index contributed by atoms with van der Waals surface area (Å²) < 4.78 is 7.41. The van der Waals surface area contributed by atoms with Crippen molar-refractivity contribution in [2.45, 2.75) is 19.4 Å². The quantitative estimate of drug-likeness (QED) is 0.821. The average Bonchev–Trinajstić information content (AvgIpc) is 3.17. The van der Waals surface area contributed by atoms with E-state index in [0.29, 0.717) is 13.2 Å². The van der Waals surface area contributed by atoms with Crippen molar-refractivity contribution in [3.8, 4) is 0 Å². The summed E-state index contributed by atoms with van der Waals surface area (Å²) >= 11 is 0. The second kappa shape index (κ2) is 6.15. The summed E-state index contributed by atoms with van der Waals surface area (Å²) in [6.45, 7) is 6.89. The SMILES string of the molecule is CCN1CCN(C(=O)[C@@H]2CCOC2)C[C@H]1c1nccn1C. The molecule has 0 radical (unpaired) electrons. The van der Waals surface area contributed by atoms with Crippen molar-refractivity contribution in [3.05, 3.63) is 18.2 Å². The van der Waals surface area contributed by atoms with Crippen LogP contribution < -0.4 is 0 Å². The Bertz CT molecular complexity index is 496. The van der Waals surface area contributed by atoms with Crippen molar-refractivity contribution < 1.29 is 9.53 Å². The summed E-state index contributed by atoms with van der Waals surface area (Å²) in [5.74, 6) is 1.35. The van der Waals surface area contributed by atoms with Gasteiger partial charge in [0.05, 0.1) is 18.6 Å². The molecule has 6 nitrogen and oxygen atoms in total. The molecule has 0 aromatic carbocycles. The molecule has 1 aromatic rings. The zero-order valence-corrected chi connectivity index (χ0v) is 12.9. The van der Waals surface area contributed by atoms with E-state index in [4.69, 9.17) is 4.74 Å². The van der Waals surface area contributed by atoms with Gasteiger partial charge in [0.25, 0.3) is 0 Å². The number of aryl methyl sites for hydroxylation is 1. The van der Waals surface area contributed by atoms with E-state index in [1.807, 2.05) is 24.3 Å². The average molecular weight is 292 g/mol. The van der Waals surface area contributed by atoms with Crippen LogP contribution in [0.4, 0.5) is 0 Å². The number of ether oxygens (including phenoxy) is 1. The number of likely N-dealkylation sites (N-methyl/N-ethyl adjacent to an activating group) is 1. The number of amides is 1. The Labute approximate surface area is 125 Å². The second-order valence-corrected chi connectivity index (χ2v) is 5.89. The fourth-order valence-electron chi connectivity index (χ4n) is 3.33. The van der Waals surface area contributed by atoms with Crippen molar-refractivity contribution >= 4 is 5.91 Å². The summed E-state index contributed by atoms with van der Waals surface area (Å²) in [5.41, 5.74) is 0. The third kappa shape index (κ3) is 2.82. The van der Waals surface area contributed by atoms with Crippen LogP contribution in [0, 0.1) is 5.92 Å². The molecule has 2 fully saturated rings. The van der Waals surface area contributed by atoms with E-state index < -0.39 is 0 Å². The summed E-state index contributed by atoms with van der Waals surface area (Å²) in [6, 6.07) is 0.190. The number of carbonyl (C=O) groups excluding carboxylic acids is 1. The first kappa shape index (κ1) is 14.5. The number of hydrogen-bond acceptors (Lipinski definition) is 4. The lowest BCUT2D eigenvalue weighted by atomic mass is 10.0. The zero-order chi connectivity index (χ0) is 14.8. The Balaban J connectivity index is 1.75.